The summed E-state index contributed by atoms with van der Waals surface area (Å²) >= 11 is 2.89. The zero-order valence-corrected chi connectivity index (χ0v) is 16.1. The van der Waals surface area contributed by atoms with E-state index in [-0.39, 0.29) is 11.0 Å². The number of hydrogen-bond donors (Lipinski definition) is 2. The summed E-state index contributed by atoms with van der Waals surface area (Å²) in [7, 11) is 0. The molecule has 0 radical (unpaired) electrons. The van der Waals surface area contributed by atoms with Crippen molar-refractivity contribution in [2.45, 2.75) is 16.7 Å². The lowest BCUT2D eigenvalue weighted by atomic mass is 10.1. The van der Waals surface area contributed by atoms with Gasteiger partial charge >= 0.3 is 0 Å². The van der Waals surface area contributed by atoms with E-state index in [0.717, 1.165) is 25.9 Å². The Labute approximate surface area is 164 Å². The molecule has 1 aromatic heterocycles. The number of fused-ring (bicyclic) bond motifs is 2. The Balaban J connectivity index is 1.83. The third-order valence-corrected chi connectivity index (χ3v) is 5.99. The van der Waals surface area contributed by atoms with Gasteiger partial charge in [-0.25, -0.2) is 10.5 Å². The van der Waals surface area contributed by atoms with Crippen molar-refractivity contribution in [3.05, 3.63) is 70.6 Å². The van der Waals surface area contributed by atoms with Crippen LogP contribution < -0.4 is 5.48 Å². The molecule has 2 heterocycles. The summed E-state index contributed by atoms with van der Waals surface area (Å²) in [6.45, 7) is 2.20. The molecule has 136 valence electrons. The van der Waals surface area contributed by atoms with Gasteiger partial charge in [0, 0.05) is 20.9 Å². The Morgan fingerprint density at radius 1 is 1.15 bits per heavy atom. The molecule has 2 aromatic carbocycles. The van der Waals surface area contributed by atoms with Crippen LogP contribution in [0.5, 0.6) is 5.06 Å². The van der Waals surface area contributed by atoms with Crippen molar-refractivity contribution in [3.8, 4) is 5.06 Å². The van der Waals surface area contributed by atoms with Crippen LogP contribution in [0.3, 0.4) is 0 Å². The number of benzene rings is 2. The lowest BCUT2D eigenvalue weighted by Gasteiger charge is -2.07. The number of nitrogens with one attached hydrogen (secondary N) is 1. The number of aliphatic imine (C=N–C) groups is 1. The molecule has 0 unspecified atom stereocenters. The van der Waals surface area contributed by atoms with Crippen LogP contribution in [0.25, 0.3) is 0 Å². The highest BCUT2D eigenvalue weighted by atomic mass is 32.2. The molecule has 0 bridgehead atoms. The highest BCUT2D eigenvalue weighted by molar-refractivity contribution is 7.99. The standard InChI is InChI=1S/C20H16N2O3S2/c1-2-25-22-20(24)12-7-8-16-14(11-12)21-19(17-9-10-18(23)27-17)13-5-3-4-6-15(13)26-16/h3-11,23H,2H2,1H3,(H,22,24). The number of aromatic hydroxyl groups is 1. The summed E-state index contributed by atoms with van der Waals surface area (Å²) < 4.78 is 0. The van der Waals surface area contributed by atoms with E-state index in [4.69, 9.17) is 9.83 Å². The SMILES string of the molecule is CCONC(=O)c1ccc2c(c1)N=C(c1ccc(O)s1)c1ccccc1S2. The lowest BCUT2D eigenvalue weighted by Crippen LogP contribution is -2.23. The Hall–Kier alpha value is -2.61. The van der Waals surface area contributed by atoms with Crippen molar-refractivity contribution in [2.75, 3.05) is 6.61 Å². The van der Waals surface area contributed by atoms with Gasteiger partial charge in [0.2, 0.25) is 0 Å². The maximum Gasteiger partial charge on any atom is 0.274 e. The molecular formula is C20H16N2O3S2. The van der Waals surface area contributed by atoms with Crippen LogP contribution in [0.1, 0.15) is 27.7 Å². The monoisotopic (exact) mass is 396 g/mol. The summed E-state index contributed by atoms with van der Waals surface area (Å²) in [6, 6.07) is 17.0. The van der Waals surface area contributed by atoms with Gasteiger partial charge in [0.25, 0.3) is 5.91 Å². The van der Waals surface area contributed by atoms with Gasteiger partial charge in [-0.2, -0.15) is 0 Å². The van der Waals surface area contributed by atoms with Crippen molar-refractivity contribution < 1.29 is 14.7 Å². The molecule has 27 heavy (non-hydrogen) atoms. The first kappa shape index (κ1) is 17.8. The largest absolute Gasteiger partial charge is 0.499 e. The molecule has 0 aliphatic carbocycles. The van der Waals surface area contributed by atoms with E-state index >= 15 is 0 Å². The molecule has 7 heteroatoms. The third-order valence-electron chi connectivity index (χ3n) is 3.95. The smallest absolute Gasteiger partial charge is 0.274 e. The predicted molar refractivity (Wildman–Crippen MR) is 107 cm³/mol. The number of hydroxylamine groups is 1. The second-order valence-electron chi connectivity index (χ2n) is 5.74. The molecule has 1 aliphatic rings. The van der Waals surface area contributed by atoms with E-state index in [2.05, 4.69) is 5.48 Å². The molecule has 4 rings (SSSR count). The Bertz CT molecular complexity index is 1040. The van der Waals surface area contributed by atoms with Crippen LogP contribution in [-0.2, 0) is 4.84 Å². The predicted octanol–water partition coefficient (Wildman–Crippen LogP) is 4.77. The Morgan fingerprint density at radius 3 is 2.78 bits per heavy atom. The van der Waals surface area contributed by atoms with Gasteiger partial charge in [-0.1, -0.05) is 41.3 Å². The van der Waals surface area contributed by atoms with Crippen LogP contribution in [0.15, 0.2) is 69.4 Å². The highest BCUT2D eigenvalue weighted by Crippen LogP contribution is 2.42. The molecule has 0 spiro atoms. The quantitative estimate of drug-likeness (QED) is 0.488. The van der Waals surface area contributed by atoms with Gasteiger partial charge in [-0.15, -0.1) is 0 Å². The van der Waals surface area contributed by atoms with Crippen molar-refractivity contribution >= 4 is 40.4 Å². The van der Waals surface area contributed by atoms with Gasteiger partial charge < -0.3 is 5.11 Å². The molecule has 0 fully saturated rings. The molecule has 5 nitrogen and oxygen atoms in total. The number of nitrogens with zero attached hydrogens (tertiary/aromatic N) is 1. The van der Waals surface area contributed by atoms with Gasteiger partial charge in [0.05, 0.1) is 22.9 Å². The van der Waals surface area contributed by atoms with E-state index in [1.807, 2.05) is 36.4 Å². The zero-order chi connectivity index (χ0) is 18.8. The average molecular weight is 396 g/mol. The maximum absolute atomic E-state index is 12.2. The van der Waals surface area contributed by atoms with Crippen LogP contribution in [0.2, 0.25) is 0 Å². The van der Waals surface area contributed by atoms with E-state index < -0.39 is 0 Å². The summed E-state index contributed by atoms with van der Waals surface area (Å²) in [5.74, 6) is -0.308. The van der Waals surface area contributed by atoms with Gasteiger partial charge in [-0.3, -0.25) is 9.63 Å². The number of carbonyl (C=O) groups excluding carboxylic acids is 1. The minimum Gasteiger partial charge on any atom is -0.499 e. The van der Waals surface area contributed by atoms with Crippen LogP contribution in [0, 0.1) is 0 Å². The first-order valence-electron chi connectivity index (χ1n) is 8.37. The second kappa shape index (κ2) is 7.56. The summed E-state index contributed by atoms with van der Waals surface area (Å²) in [4.78, 5) is 25.0. The summed E-state index contributed by atoms with van der Waals surface area (Å²) in [5.41, 5.74) is 5.38. The van der Waals surface area contributed by atoms with E-state index in [1.165, 1.54) is 11.3 Å². The minimum atomic E-state index is -0.308. The van der Waals surface area contributed by atoms with Crippen molar-refractivity contribution in [1.29, 1.82) is 0 Å². The number of rotatable bonds is 4. The normalized spacial score (nSPS) is 12.6. The van der Waals surface area contributed by atoms with Gasteiger partial charge in [0.15, 0.2) is 5.06 Å². The van der Waals surface area contributed by atoms with Crippen molar-refractivity contribution in [1.82, 2.24) is 5.48 Å². The lowest BCUT2D eigenvalue weighted by molar-refractivity contribution is 0.0364. The summed E-state index contributed by atoms with van der Waals surface area (Å²) in [6.07, 6.45) is 0. The number of carbonyl (C=O) groups is 1. The minimum absolute atomic E-state index is 0.243. The number of hydrogen-bond acceptors (Lipinski definition) is 6. The second-order valence-corrected chi connectivity index (χ2v) is 7.89. The maximum atomic E-state index is 12.2. The molecular weight excluding hydrogens is 380 g/mol. The fourth-order valence-electron chi connectivity index (χ4n) is 2.72. The van der Waals surface area contributed by atoms with Crippen LogP contribution in [0.4, 0.5) is 5.69 Å². The number of amides is 1. The van der Waals surface area contributed by atoms with E-state index in [0.29, 0.717) is 17.9 Å². The Morgan fingerprint density at radius 2 is 2.00 bits per heavy atom. The van der Waals surface area contributed by atoms with Crippen molar-refractivity contribution in [3.63, 3.8) is 0 Å². The van der Waals surface area contributed by atoms with Gasteiger partial charge in [0.1, 0.15) is 0 Å². The molecule has 0 saturated carbocycles. The van der Waals surface area contributed by atoms with Gasteiger partial charge in [-0.05, 0) is 43.3 Å². The molecule has 0 atom stereocenters. The first-order valence-corrected chi connectivity index (χ1v) is 10.0. The molecule has 1 aliphatic heterocycles. The fraction of sp³-hybridized carbons (Fsp3) is 0.100. The average Bonchev–Trinajstić information content (AvgIpc) is 3.04. The van der Waals surface area contributed by atoms with Crippen LogP contribution in [-0.4, -0.2) is 23.3 Å². The third kappa shape index (κ3) is 3.62. The molecule has 2 N–H and O–H groups in total. The summed E-state index contributed by atoms with van der Waals surface area (Å²) in [5, 5.41) is 10.0. The van der Waals surface area contributed by atoms with Crippen LogP contribution >= 0.6 is 23.1 Å². The molecule has 3 aromatic rings. The van der Waals surface area contributed by atoms with E-state index in [1.54, 1.807) is 36.9 Å². The Kier molecular flexibility index (Phi) is 4.98. The van der Waals surface area contributed by atoms with E-state index in [9.17, 15) is 9.90 Å². The first-order chi connectivity index (χ1) is 13.2. The highest BCUT2D eigenvalue weighted by Gasteiger charge is 2.21. The number of thiophene rings is 1. The van der Waals surface area contributed by atoms with Crippen molar-refractivity contribution in [2.24, 2.45) is 4.99 Å². The topological polar surface area (TPSA) is 70.9 Å². The molecule has 1 amide bonds. The molecule has 0 saturated heterocycles. The zero-order valence-electron chi connectivity index (χ0n) is 14.4. The fourth-order valence-corrected chi connectivity index (χ4v) is 4.48.